The Morgan fingerprint density at radius 1 is 0.744 bits per heavy atom. The lowest BCUT2D eigenvalue weighted by molar-refractivity contribution is -0.143. The van der Waals surface area contributed by atoms with Crippen molar-refractivity contribution < 1.29 is 38.1 Å². The maximum absolute atomic E-state index is 13.2. The summed E-state index contributed by atoms with van der Waals surface area (Å²) in [6.45, 7) is 10.5. The molecule has 5 rings (SSSR count). The summed E-state index contributed by atoms with van der Waals surface area (Å²) in [7, 11) is 0. The maximum atomic E-state index is 13.2. The number of carbonyl (C=O) groups is 4. The van der Waals surface area contributed by atoms with Gasteiger partial charge in [0.1, 0.15) is 29.3 Å². The average molecular weight is 529 g/mol. The van der Waals surface area contributed by atoms with Crippen LogP contribution in [0.3, 0.4) is 0 Å². The Balaban J connectivity index is 1.68. The molecule has 8 heteroatoms. The molecule has 2 heterocycles. The summed E-state index contributed by atoms with van der Waals surface area (Å²) < 4.78 is 23.5. The Labute approximate surface area is 225 Å². The van der Waals surface area contributed by atoms with E-state index in [0.29, 0.717) is 40.0 Å². The van der Waals surface area contributed by atoms with Gasteiger partial charge in [-0.25, -0.2) is 4.79 Å². The summed E-state index contributed by atoms with van der Waals surface area (Å²) in [6, 6.07) is 14.5. The van der Waals surface area contributed by atoms with Crippen LogP contribution in [0, 0.1) is 10.8 Å². The van der Waals surface area contributed by atoms with Gasteiger partial charge in [0.15, 0.2) is 5.60 Å². The van der Waals surface area contributed by atoms with Gasteiger partial charge in [0, 0.05) is 34.4 Å². The van der Waals surface area contributed by atoms with E-state index in [0.717, 1.165) is 0 Å². The fourth-order valence-corrected chi connectivity index (χ4v) is 4.43. The van der Waals surface area contributed by atoms with Gasteiger partial charge in [0.2, 0.25) is 0 Å². The largest absolute Gasteiger partial charge is 0.456 e. The third-order valence-electron chi connectivity index (χ3n) is 6.56. The van der Waals surface area contributed by atoms with E-state index < -0.39 is 34.3 Å². The smallest absolute Gasteiger partial charge is 0.340 e. The second kappa shape index (κ2) is 8.80. The second-order valence-electron chi connectivity index (χ2n) is 11.7. The minimum absolute atomic E-state index is 0.253. The minimum atomic E-state index is -1.41. The summed E-state index contributed by atoms with van der Waals surface area (Å²) in [6.07, 6.45) is 0.663. The molecular weight excluding hydrogens is 500 g/mol. The molecule has 39 heavy (non-hydrogen) atoms. The third kappa shape index (κ3) is 4.35. The zero-order valence-electron chi connectivity index (χ0n) is 22.5. The van der Waals surface area contributed by atoms with Gasteiger partial charge in [-0.05, 0) is 71.9 Å². The Hall–Kier alpha value is -4.46. The van der Waals surface area contributed by atoms with E-state index >= 15 is 0 Å². The maximum Gasteiger partial charge on any atom is 0.340 e. The zero-order valence-corrected chi connectivity index (χ0v) is 22.5. The summed E-state index contributed by atoms with van der Waals surface area (Å²) in [4.78, 5) is 49.6. The van der Waals surface area contributed by atoms with Gasteiger partial charge in [-0.3, -0.25) is 14.4 Å². The lowest BCUT2D eigenvalue weighted by Crippen LogP contribution is -2.33. The molecule has 0 unspecified atom stereocenters. The molecule has 0 aromatic heterocycles. The quantitative estimate of drug-likeness (QED) is 0.233. The van der Waals surface area contributed by atoms with Crippen LogP contribution in [-0.2, 0) is 19.9 Å². The molecule has 3 aromatic rings. The number of hydrogen-bond donors (Lipinski definition) is 0. The Morgan fingerprint density at radius 3 is 1.69 bits per heavy atom. The lowest BCUT2D eigenvalue weighted by atomic mass is 9.77. The van der Waals surface area contributed by atoms with Crippen molar-refractivity contribution in [3.05, 3.63) is 82.4 Å². The number of carbonyl (C=O) groups excluding carboxylic acids is 4. The van der Waals surface area contributed by atoms with Crippen molar-refractivity contribution in [2.24, 2.45) is 10.8 Å². The molecule has 0 bridgehead atoms. The summed E-state index contributed by atoms with van der Waals surface area (Å²) in [5.41, 5.74) is -0.724. The molecule has 8 nitrogen and oxygen atoms in total. The average Bonchev–Trinajstić information content (AvgIpc) is 3.14. The summed E-state index contributed by atoms with van der Waals surface area (Å²) >= 11 is 0. The molecule has 0 amide bonds. The van der Waals surface area contributed by atoms with Crippen LogP contribution in [-0.4, -0.2) is 24.2 Å². The number of hydrogen-bond acceptors (Lipinski definition) is 8. The number of fused-ring (bicyclic) bond motifs is 6. The van der Waals surface area contributed by atoms with Crippen LogP contribution in [0.4, 0.5) is 0 Å². The van der Waals surface area contributed by atoms with E-state index in [9.17, 15) is 19.2 Å². The molecular formula is C31H28O8. The molecule has 2 aliphatic rings. The van der Waals surface area contributed by atoms with E-state index in [1.54, 1.807) is 90.1 Å². The van der Waals surface area contributed by atoms with Crippen molar-refractivity contribution in [1.29, 1.82) is 0 Å². The molecule has 0 saturated heterocycles. The monoisotopic (exact) mass is 528 g/mol. The summed E-state index contributed by atoms with van der Waals surface area (Å²) in [5.74, 6) is -0.360. The second-order valence-corrected chi connectivity index (χ2v) is 11.7. The van der Waals surface area contributed by atoms with E-state index in [1.807, 2.05) is 0 Å². The first-order valence-electron chi connectivity index (χ1n) is 12.5. The molecule has 2 aliphatic heterocycles. The van der Waals surface area contributed by atoms with E-state index in [4.69, 9.17) is 18.9 Å². The molecule has 3 aromatic carbocycles. The molecule has 0 saturated carbocycles. The predicted octanol–water partition coefficient (Wildman–Crippen LogP) is 5.97. The standard InChI is InChI=1S/C31H28O8/c1-29(2,3)27(34)36-18-8-11-22-24(14-18)38-25-15-19(37-28(35)30(4,5)6)9-12-23(25)31(22)21-10-7-17(16-32)13-20(21)26(33)39-31/h7-16H,1-6H3. The van der Waals surface area contributed by atoms with Crippen LogP contribution < -0.4 is 14.2 Å². The topological polar surface area (TPSA) is 105 Å². The van der Waals surface area contributed by atoms with Gasteiger partial charge in [0.05, 0.1) is 16.4 Å². The van der Waals surface area contributed by atoms with E-state index in [-0.39, 0.29) is 17.1 Å². The van der Waals surface area contributed by atoms with Gasteiger partial charge < -0.3 is 18.9 Å². The van der Waals surface area contributed by atoms with Crippen molar-refractivity contribution in [3.63, 3.8) is 0 Å². The fourth-order valence-electron chi connectivity index (χ4n) is 4.43. The fraction of sp³-hybridized carbons (Fsp3) is 0.290. The zero-order chi connectivity index (χ0) is 28.3. The number of rotatable bonds is 3. The van der Waals surface area contributed by atoms with Crippen molar-refractivity contribution >= 4 is 24.2 Å². The third-order valence-corrected chi connectivity index (χ3v) is 6.56. The molecule has 0 radical (unpaired) electrons. The molecule has 1 spiro atoms. The highest BCUT2D eigenvalue weighted by atomic mass is 16.6. The van der Waals surface area contributed by atoms with Crippen LogP contribution >= 0.6 is 0 Å². The SMILES string of the molecule is CC(C)(C)C(=O)Oc1ccc2c(c1)Oc1cc(OC(=O)C(C)(C)C)ccc1C21OC(=O)c2cc(C=O)ccc21. The van der Waals surface area contributed by atoms with Crippen molar-refractivity contribution in [2.75, 3.05) is 0 Å². The molecule has 0 atom stereocenters. The van der Waals surface area contributed by atoms with Gasteiger partial charge in [0.25, 0.3) is 0 Å². The molecule has 0 N–H and O–H groups in total. The highest BCUT2D eigenvalue weighted by Gasteiger charge is 2.53. The van der Waals surface area contributed by atoms with Crippen LogP contribution in [0.25, 0.3) is 0 Å². The van der Waals surface area contributed by atoms with Crippen molar-refractivity contribution in [1.82, 2.24) is 0 Å². The van der Waals surface area contributed by atoms with Crippen molar-refractivity contribution in [3.8, 4) is 23.0 Å². The first-order chi connectivity index (χ1) is 18.2. The number of esters is 3. The predicted molar refractivity (Wildman–Crippen MR) is 140 cm³/mol. The van der Waals surface area contributed by atoms with Crippen LogP contribution in [0.2, 0.25) is 0 Å². The van der Waals surface area contributed by atoms with Gasteiger partial charge in [-0.15, -0.1) is 0 Å². The first kappa shape index (κ1) is 26.2. The summed E-state index contributed by atoms with van der Waals surface area (Å²) in [5, 5.41) is 0. The highest BCUT2D eigenvalue weighted by molar-refractivity contribution is 5.98. The van der Waals surface area contributed by atoms with Gasteiger partial charge in [-0.1, -0.05) is 12.1 Å². The van der Waals surface area contributed by atoms with Crippen LogP contribution in [0.15, 0.2) is 54.6 Å². The van der Waals surface area contributed by atoms with Crippen LogP contribution in [0.5, 0.6) is 23.0 Å². The van der Waals surface area contributed by atoms with Crippen LogP contribution in [0.1, 0.15) is 78.9 Å². The molecule has 0 aliphatic carbocycles. The minimum Gasteiger partial charge on any atom is -0.456 e. The molecule has 0 fully saturated rings. The van der Waals surface area contributed by atoms with Gasteiger partial charge >= 0.3 is 17.9 Å². The van der Waals surface area contributed by atoms with E-state index in [1.165, 1.54) is 6.07 Å². The highest BCUT2D eigenvalue weighted by Crippen LogP contribution is 2.57. The Morgan fingerprint density at radius 2 is 1.23 bits per heavy atom. The van der Waals surface area contributed by atoms with E-state index in [2.05, 4.69) is 0 Å². The first-order valence-corrected chi connectivity index (χ1v) is 12.5. The number of benzene rings is 3. The normalized spacial score (nSPS) is 14.9. The molecule has 200 valence electrons. The Bertz CT molecular complexity index is 1470. The lowest BCUT2D eigenvalue weighted by Gasteiger charge is -2.36. The number of aldehydes is 1. The Kier molecular flexibility index (Phi) is 5.90. The van der Waals surface area contributed by atoms with Crippen molar-refractivity contribution in [2.45, 2.75) is 47.1 Å². The number of ether oxygens (including phenoxy) is 4. The van der Waals surface area contributed by atoms with Gasteiger partial charge in [-0.2, -0.15) is 0 Å².